The van der Waals surface area contributed by atoms with Crippen molar-refractivity contribution in [1.29, 1.82) is 0 Å². The lowest BCUT2D eigenvalue weighted by Crippen LogP contribution is -2.56. The number of amides is 1. The summed E-state index contributed by atoms with van der Waals surface area (Å²) in [5, 5.41) is 9.45. The molecule has 0 aromatic rings. The molecule has 1 amide bonds. The van der Waals surface area contributed by atoms with Gasteiger partial charge in [-0.25, -0.2) is 0 Å². The van der Waals surface area contributed by atoms with E-state index in [4.69, 9.17) is 0 Å². The Morgan fingerprint density at radius 3 is 2.23 bits per heavy atom. The maximum Gasteiger partial charge on any atom is 0.226 e. The molecule has 0 saturated carbocycles. The number of thiol groups is 1. The summed E-state index contributed by atoms with van der Waals surface area (Å²) < 4.78 is 0. The fourth-order valence-corrected chi connectivity index (χ4v) is 3.75. The van der Waals surface area contributed by atoms with E-state index in [1.54, 1.807) is 0 Å². The Balaban J connectivity index is 2.60. The van der Waals surface area contributed by atoms with Crippen molar-refractivity contribution in [3.8, 4) is 0 Å². The third-order valence-electron chi connectivity index (χ3n) is 4.84. The quantitative estimate of drug-likeness (QED) is 0.526. The van der Waals surface area contributed by atoms with Gasteiger partial charge in [-0.3, -0.25) is 4.79 Å². The zero-order valence-electron chi connectivity index (χ0n) is 15.1. The van der Waals surface area contributed by atoms with E-state index >= 15 is 0 Å². The van der Waals surface area contributed by atoms with Gasteiger partial charge >= 0.3 is 0 Å². The molecule has 22 heavy (non-hydrogen) atoms. The number of aliphatic hydroxyl groups excluding tert-OH is 1. The van der Waals surface area contributed by atoms with Crippen LogP contribution >= 0.6 is 12.6 Å². The molecule has 1 heterocycles. The normalized spacial score (nSPS) is 18.2. The van der Waals surface area contributed by atoms with E-state index in [2.05, 4.69) is 47.2 Å². The highest BCUT2D eigenvalue weighted by Gasteiger charge is 2.40. The van der Waals surface area contributed by atoms with Gasteiger partial charge in [0.25, 0.3) is 0 Å². The molecule has 0 spiro atoms. The highest BCUT2D eigenvalue weighted by atomic mass is 32.1. The van der Waals surface area contributed by atoms with Gasteiger partial charge in [0.15, 0.2) is 0 Å². The van der Waals surface area contributed by atoms with Gasteiger partial charge in [0.2, 0.25) is 5.91 Å². The van der Waals surface area contributed by atoms with Crippen LogP contribution in [0.1, 0.15) is 66.7 Å². The number of β-amino-alcohol motifs (C(OH)–C–C–N with tert-alkyl or cyclic N) is 1. The fourth-order valence-electron chi connectivity index (χ4n) is 3.17. The van der Waals surface area contributed by atoms with Gasteiger partial charge in [0, 0.05) is 19.0 Å². The maximum absolute atomic E-state index is 12.8. The minimum absolute atomic E-state index is 0.0267. The molecule has 1 saturated heterocycles. The Morgan fingerprint density at radius 2 is 1.77 bits per heavy atom. The van der Waals surface area contributed by atoms with Crippen LogP contribution in [-0.2, 0) is 4.79 Å². The maximum atomic E-state index is 12.8. The molecule has 0 bridgehead atoms. The fraction of sp³-hybridized carbons (Fsp3) is 0.944. The first-order valence-electron chi connectivity index (χ1n) is 8.64. The number of likely N-dealkylation sites (tertiary alicyclic amines) is 1. The van der Waals surface area contributed by atoms with Crippen LogP contribution in [0.2, 0.25) is 0 Å². The summed E-state index contributed by atoms with van der Waals surface area (Å²) in [4.78, 5) is 14.6. The van der Waals surface area contributed by atoms with Crippen LogP contribution in [-0.4, -0.2) is 40.9 Å². The zero-order valence-corrected chi connectivity index (χ0v) is 16.0. The molecule has 1 unspecified atom stereocenters. The molecule has 1 N–H and O–H groups in total. The van der Waals surface area contributed by atoms with Gasteiger partial charge in [-0.05, 0) is 35.8 Å². The predicted octanol–water partition coefficient (Wildman–Crippen LogP) is 3.76. The number of nitrogens with zero attached hydrogens (tertiary/aromatic N) is 1. The van der Waals surface area contributed by atoms with Crippen LogP contribution in [0.25, 0.3) is 0 Å². The lowest BCUT2D eigenvalue weighted by atomic mass is 9.72. The number of hydrogen-bond donors (Lipinski definition) is 2. The number of hydrogen-bond acceptors (Lipinski definition) is 3. The Labute approximate surface area is 142 Å². The van der Waals surface area contributed by atoms with Crippen LogP contribution in [0.15, 0.2) is 0 Å². The number of rotatable bonds is 8. The number of carbonyl (C=O) groups excluding carboxylic acids is 1. The minimum atomic E-state index is -0.321. The molecule has 130 valence electrons. The largest absolute Gasteiger partial charge is 0.389 e. The molecule has 4 heteroatoms. The Bertz CT molecular complexity index is 357. The van der Waals surface area contributed by atoms with E-state index in [0.717, 1.165) is 25.0 Å². The van der Waals surface area contributed by atoms with E-state index in [1.807, 2.05) is 4.90 Å². The number of carbonyl (C=O) groups is 1. The molecule has 1 rings (SSSR count). The predicted molar refractivity (Wildman–Crippen MR) is 96.3 cm³/mol. The van der Waals surface area contributed by atoms with Crippen molar-refractivity contribution in [3.63, 3.8) is 0 Å². The number of unbranched alkanes of at least 4 members (excludes halogenated alkanes) is 1. The Hall–Kier alpha value is -0.220. The molecule has 0 aromatic heterocycles. The molecule has 0 aliphatic carbocycles. The van der Waals surface area contributed by atoms with Crippen molar-refractivity contribution in [3.05, 3.63) is 0 Å². The topological polar surface area (TPSA) is 40.5 Å². The van der Waals surface area contributed by atoms with Gasteiger partial charge in [-0.1, -0.05) is 47.5 Å². The van der Waals surface area contributed by atoms with Crippen LogP contribution in [0.5, 0.6) is 0 Å². The second-order valence-corrected chi connectivity index (χ2v) is 9.17. The summed E-state index contributed by atoms with van der Waals surface area (Å²) in [5.41, 5.74) is 0.336. The lowest BCUT2D eigenvalue weighted by Gasteiger charge is -2.42. The molecule has 1 atom stereocenters. The molecule has 0 aromatic carbocycles. The van der Waals surface area contributed by atoms with Crippen molar-refractivity contribution >= 4 is 18.5 Å². The molecule has 1 aliphatic heterocycles. The Kier molecular flexibility index (Phi) is 7.25. The summed E-state index contributed by atoms with van der Waals surface area (Å²) in [7, 11) is 0. The van der Waals surface area contributed by atoms with Crippen LogP contribution in [0.3, 0.4) is 0 Å². The Morgan fingerprint density at radius 1 is 1.18 bits per heavy atom. The van der Waals surface area contributed by atoms with E-state index in [9.17, 15) is 9.90 Å². The third kappa shape index (κ3) is 6.11. The second-order valence-electron chi connectivity index (χ2n) is 8.72. The number of aliphatic hydroxyl groups is 1. The van der Waals surface area contributed by atoms with Crippen LogP contribution in [0.4, 0.5) is 0 Å². The first kappa shape index (κ1) is 19.8. The van der Waals surface area contributed by atoms with Gasteiger partial charge in [-0.15, -0.1) is 0 Å². The van der Waals surface area contributed by atoms with Crippen molar-refractivity contribution in [2.75, 3.05) is 18.8 Å². The SMILES string of the molecule is CC(C)(C)CCCCC(C(=O)N1CC(O)C1)C(C)(C)CCS. The van der Waals surface area contributed by atoms with Gasteiger partial charge in [0.1, 0.15) is 0 Å². The van der Waals surface area contributed by atoms with Crippen molar-refractivity contribution in [2.45, 2.75) is 72.8 Å². The average Bonchev–Trinajstić information content (AvgIpc) is 2.32. The van der Waals surface area contributed by atoms with E-state index < -0.39 is 0 Å². The molecule has 0 radical (unpaired) electrons. The van der Waals surface area contributed by atoms with Crippen LogP contribution in [0, 0.1) is 16.7 Å². The van der Waals surface area contributed by atoms with E-state index in [1.165, 1.54) is 12.8 Å². The average molecular weight is 330 g/mol. The van der Waals surface area contributed by atoms with E-state index in [-0.39, 0.29) is 23.3 Å². The van der Waals surface area contributed by atoms with E-state index in [0.29, 0.717) is 18.5 Å². The second kappa shape index (κ2) is 8.05. The lowest BCUT2D eigenvalue weighted by molar-refractivity contribution is -0.150. The van der Waals surface area contributed by atoms with Gasteiger partial charge in [-0.2, -0.15) is 12.6 Å². The highest BCUT2D eigenvalue weighted by molar-refractivity contribution is 7.80. The van der Waals surface area contributed by atoms with Crippen LogP contribution < -0.4 is 0 Å². The molecule has 1 aliphatic rings. The summed E-state index contributed by atoms with van der Waals surface area (Å²) >= 11 is 4.36. The third-order valence-corrected chi connectivity index (χ3v) is 5.06. The summed E-state index contributed by atoms with van der Waals surface area (Å²) in [5.74, 6) is 1.08. The molecule has 1 fully saturated rings. The smallest absolute Gasteiger partial charge is 0.226 e. The molecule has 3 nitrogen and oxygen atoms in total. The highest BCUT2D eigenvalue weighted by Crippen LogP contribution is 2.37. The zero-order chi connectivity index (χ0) is 17.0. The summed E-state index contributed by atoms with van der Waals surface area (Å²) in [6, 6.07) is 0. The van der Waals surface area contributed by atoms with Crippen molar-refractivity contribution < 1.29 is 9.90 Å². The van der Waals surface area contributed by atoms with Crippen molar-refractivity contribution in [1.82, 2.24) is 4.90 Å². The standard InChI is InChI=1S/C18H35NO2S/c1-17(2,3)9-7-6-8-15(18(4,5)10-11-22)16(21)19-12-14(20)13-19/h14-15,20,22H,6-13H2,1-5H3. The monoisotopic (exact) mass is 329 g/mol. The van der Waals surface area contributed by atoms with Gasteiger partial charge in [0.05, 0.1) is 6.10 Å². The minimum Gasteiger partial charge on any atom is -0.389 e. The first-order valence-corrected chi connectivity index (χ1v) is 9.28. The summed E-state index contributed by atoms with van der Waals surface area (Å²) in [6.45, 7) is 12.2. The molecular formula is C18H35NO2S. The molecular weight excluding hydrogens is 294 g/mol. The first-order chi connectivity index (χ1) is 10.1. The van der Waals surface area contributed by atoms with Crippen molar-refractivity contribution in [2.24, 2.45) is 16.7 Å². The van der Waals surface area contributed by atoms with Gasteiger partial charge < -0.3 is 10.0 Å². The summed E-state index contributed by atoms with van der Waals surface area (Å²) in [6.07, 6.45) is 5.04.